The van der Waals surface area contributed by atoms with E-state index in [-0.39, 0.29) is 17.0 Å². The molecule has 0 fully saturated rings. The number of aromatic amines is 1. The minimum Gasteiger partial charge on any atom is -0.507 e. The largest absolute Gasteiger partial charge is 0.507 e. The second-order valence-electron chi connectivity index (χ2n) is 4.77. The Balaban J connectivity index is 1.90. The number of aromatic hydroxyl groups is 1. The lowest BCUT2D eigenvalue weighted by atomic mass is 10.1. The number of phenolic OH excluding ortho intramolecular Hbond substituents is 1. The molecule has 0 aliphatic heterocycles. The highest BCUT2D eigenvalue weighted by Crippen LogP contribution is 2.24. The van der Waals surface area contributed by atoms with E-state index in [1.54, 1.807) is 18.6 Å². The number of non-ortho nitro benzene ring substituents is 1. The molecule has 7 nitrogen and oxygen atoms in total. The van der Waals surface area contributed by atoms with Crippen LogP contribution in [-0.2, 0) is 0 Å². The summed E-state index contributed by atoms with van der Waals surface area (Å²) in [5, 5.41) is 20.6. The van der Waals surface area contributed by atoms with Crippen molar-refractivity contribution in [3.63, 3.8) is 0 Å². The lowest BCUT2D eigenvalue weighted by Crippen LogP contribution is -1.90. The molecule has 3 rings (SSSR count). The molecule has 0 amide bonds. The zero-order valence-electron chi connectivity index (χ0n) is 11.9. The number of phenols is 1. The molecule has 2 aromatic carbocycles. The summed E-state index contributed by atoms with van der Waals surface area (Å²) in [7, 11) is 0. The molecular formula is C16H12N4O3. The Morgan fingerprint density at radius 1 is 1.26 bits per heavy atom. The van der Waals surface area contributed by atoms with Crippen LogP contribution in [0.15, 0.2) is 60.0 Å². The molecule has 0 saturated heterocycles. The fourth-order valence-electron chi connectivity index (χ4n) is 2.07. The molecule has 0 spiro atoms. The first-order chi connectivity index (χ1) is 11.1. The number of benzene rings is 2. The zero-order valence-corrected chi connectivity index (χ0v) is 11.9. The molecule has 2 N–H and O–H groups in total. The van der Waals surface area contributed by atoms with E-state index in [9.17, 15) is 15.2 Å². The van der Waals surface area contributed by atoms with Gasteiger partial charge in [-0.1, -0.05) is 12.1 Å². The second kappa shape index (κ2) is 6.10. The predicted molar refractivity (Wildman–Crippen MR) is 86.0 cm³/mol. The Morgan fingerprint density at radius 3 is 2.87 bits per heavy atom. The van der Waals surface area contributed by atoms with E-state index >= 15 is 0 Å². The summed E-state index contributed by atoms with van der Waals surface area (Å²) >= 11 is 0. The van der Waals surface area contributed by atoms with Crippen molar-refractivity contribution in [1.82, 2.24) is 9.97 Å². The number of nitrogens with zero attached hydrogens (tertiary/aromatic N) is 3. The zero-order chi connectivity index (χ0) is 16.2. The van der Waals surface area contributed by atoms with Crippen molar-refractivity contribution in [2.24, 2.45) is 4.99 Å². The average Bonchev–Trinajstić information content (AvgIpc) is 3.08. The van der Waals surface area contributed by atoms with Crippen molar-refractivity contribution in [3.8, 4) is 17.0 Å². The highest BCUT2D eigenvalue weighted by Gasteiger charge is 2.08. The maximum Gasteiger partial charge on any atom is 0.270 e. The molecule has 1 heterocycles. The Morgan fingerprint density at radius 2 is 2.13 bits per heavy atom. The van der Waals surface area contributed by atoms with Crippen molar-refractivity contribution < 1.29 is 10.0 Å². The maximum absolute atomic E-state index is 10.8. The fraction of sp³-hybridized carbons (Fsp3) is 0. The summed E-state index contributed by atoms with van der Waals surface area (Å²) < 4.78 is 0. The minimum atomic E-state index is -0.518. The van der Waals surface area contributed by atoms with Crippen LogP contribution in [0.4, 0.5) is 11.4 Å². The van der Waals surface area contributed by atoms with E-state index < -0.39 is 4.92 Å². The van der Waals surface area contributed by atoms with E-state index in [4.69, 9.17) is 0 Å². The van der Waals surface area contributed by atoms with Crippen molar-refractivity contribution in [2.45, 2.75) is 0 Å². The van der Waals surface area contributed by atoms with Gasteiger partial charge in [0.15, 0.2) is 0 Å². The van der Waals surface area contributed by atoms with E-state index in [1.807, 2.05) is 18.2 Å². The number of hydrogen-bond acceptors (Lipinski definition) is 5. The van der Waals surface area contributed by atoms with Gasteiger partial charge in [-0.25, -0.2) is 4.98 Å². The van der Waals surface area contributed by atoms with Gasteiger partial charge in [0.05, 0.1) is 28.8 Å². The summed E-state index contributed by atoms with van der Waals surface area (Å²) in [4.78, 5) is 21.5. The smallest absolute Gasteiger partial charge is 0.270 e. The van der Waals surface area contributed by atoms with Crippen molar-refractivity contribution in [1.29, 1.82) is 0 Å². The number of aromatic nitrogens is 2. The third kappa shape index (κ3) is 3.24. The van der Waals surface area contributed by atoms with Gasteiger partial charge in [-0.3, -0.25) is 15.1 Å². The molecule has 0 bridgehead atoms. The molecular weight excluding hydrogens is 296 g/mol. The lowest BCUT2D eigenvalue weighted by Gasteiger charge is -2.01. The van der Waals surface area contributed by atoms with Gasteiger partial charge < -0.3 is 10.1 Å². The van der Waals surface area contributed by atoms with Gasteiger partial charge in [-0.2, -0.15) is 0 Å². The van der Waals surface area contributed by atoms with Crippen LogP contribution in [0, 0.1) is 10.1 Å². The van der Waals surface area contributed by atoms with Gasteiger partial charge >= 0.3 is 0 Å². The monoisotopic (exact) mass is 308 g/mol. The highest BCUT2D eigenvalue weighted by atomic mass is 16.6. The number of aliphatic imine (C=N–C) groups is 1. The molecule has 3 aromatic rings. The molecule has 0 aliphatic rings. The van der Waals surface area contributed by atoms with Gasteiger partial charge in [0.25, 0.3) is 5.69 Å². The highest BCUT2D eigenvalue weighted by molar-refractivity contribution is 5.86. The molecule has 1 aromatic heterocycles. The number of nitrogens with one attached hydrogen (secondary N) is 1. The summed E-state index contributed by atoms with van der Waals surface area (Å²) in [6.45, 7) is 0. The number of rotatable bonds is 4. The third-order valence-corrected chi connectivity index (χ3v) is 3.23. The van der Waals surface area contributed by atoms with Crippen molar-refractivity contribution in [3.05, 3.63) is 70.7 Å². The summed E-state index contributed by atoms with van der Waals surface area (Å²) in [6, 6.07) is 11.2. The van der Waals surface area contributed by atoms with Crippen LogP contribution in [0.2, 0.25) is 0 Å². The molecule has 0 unspecified atom stereocenters. The number of nitro benzene ring substituents is 1. The molecule has 0 atom stereocenters. The molecule has 0 radical (unpaired) electrons. The van der Waals surface area contributed by atoms with E-state index in [2.05, 4.69) is 15.0 Å². The van der Waals surface area contributed by atoms with Crippen molar-refractivity contribution >= 4 is 17.6 Å². The van der Waals surface area contributed by atoms with E-state index in [0.29, 0.717) is 5.69 Å². The third-order valence-electron chi connectivity index (χ3n) is 3.23. The maximum atomic E-state index is 10.8. The van der Waals surface area contributed by atoms with Gasteiger partial charge in [-0.15, -0.1) is 0 Å². The first kappa shape index (κ1) is 14.5. The van der Waals surface area contributed by atoms with Crippen molar-refractivity contribution in [2.75, 3.05) is 0 Å². The van der Waals surface area contributed by atoms with Crippen LogP contribution >= 0.6 is 0 Å². The number of nitro groups is 1. The predicted octanol–water partition coefficient (Wildman–Crippen LogP) is 3.44. The fourth-order valence-corrected chi connectivity index (χ4v) is 2.07. The summed E-state index contributed by atoms with van der Waals surface area (Å²) in [5.74, 6) is -0.0657. The SMILES string of the molecule is O=[N+]([O-])c1ccc(O)c(C=Nc2cccc(-c3cnc[nH]3)c2)c1. The number of imidazole rings is 1. The van der Waals surface area contributed by atoms with Crippen LogP contribution in [0.3, 0.4) is 0 Å². The van der Waals surface area contributed by atoms with E-state index in [1.165, 1.54) is 24.4 Å². The number of H-pyrrole nitrogens is 1. The Bertz CT molecular complexity index is 873. The van der Waals surface area contributed by atoms with E-state index in [0.717, 1.165) is 11.3 Å². The molecule has 23 heavy (non-hydrogen) atoms. The summed E-state index contributed by atoms with van der Waals surface area (Å²) in [6.07, 6.45) is 4.69. The first-order valence-corrected chi connectivity index (χ1v) is 6.74. The van der Waals surface area contributed by atoms with Crippen LogP contribution in [0.1, 0.15) is 5.56 Å². The van der Waals surface area contributed by atoms with Crippen LogP contribution in [0.25, 0.3) is 11.3 Å². The molecule has 7 heteroatoms. The first-order valence-electron chi connectivity index (χ1n) is 6.74. The van der Waals surface area contributed by atoms with Gasteiger partial charge in [-0.05, 0) is 18.2 Å². The Kier molecular flexibility index (Phi) is 3.84. The normalized spacial score (nSPS) is 11.0. The standard InChI is InChI=1S/C16H12N4O3/c21-16-5-4-14(20(22)23)7-12(16)8-18-13-3-1-2-11(6-13)15-9-17-10-19-15/h1-10,21H,(H,17,19). The summed E-state index contributed by atoms with van der Waals surface area (Å²) in [5.41, 5.74) is 2.62. The second-order valence-corrected chi connectivity index (χ2v) is 4.77. The Hall–Kier alpha value is -3.48. The van der Waals surface area contributed by atoms with Crippen LogP contribution in [0.5, 0.6) is 5.75 Å². The topological polar surface area (TPSA) is 104 Å². The molecule has 0 aliphatic carbocycles. The lowest BCUT2D eigenvalue weighted by molar-refractivity contribution is -0.384. The Labute approximate surface area is 131 Å². The minimum absolute atomic E-state index is 0.0657. The van der Waals surface area contributed by atoms with Crippen LogP contribution in [-0.4, -0.2) is 26.2 Å². The average molecular weight is 308 g/mol. The number of hydrogen-bond donors (Lipinski definition) is 2. The van der Waals surface area contributed by atoms with Crippen LogP contribution < -0.4 is 0 Å². The molecule has 0 saturated carbocycles. The quantitative estimate of drug-likeness (QED) is 0.437. The molecule has 114 valence electrons. The van der Waals surface area contributed by atoms with Gasteiger partial charge in [0.1, 0.15) is 5.75 Å². The van der Waals surface area contributed by atoms with Gasteiger partial charge in [0.2, 0.25) is 0 Å². The van der Waals surface area contributed by atoms with Gasteiger partial charge in [0, 0.05) is 29.5 Å².